The molecule has 0 radical (unpaired) electrons. The fourth-order valence-corrected chi connectivity index (χ4v) is 2.13. The standard InChI is InChI=1S/C15H19N3O/c1-4-12-9-13(18(5-2)17-12)10-14(19)15-11(3)7-6-8-16-15/h6-9H,4-5,10H2,1-3H3. The van der Waals surface area contributed by atoms with Gasteiger partial charge in [-0.2, -0.15) is 5.10 Å². The Kier molecular flexibility index (Phi) is 4.10. The number of carbonyl (C=O) groups excluding carboxylic acids is 1. The summed E-state index contributed by atoms with van der Waals surface area (Å²) in [5.74, 6) is 0.0513. The van der Waals surface area contributed by atoms with Crippen LogP contribution in [0.3, 0.4) is 0 Å². The summed E-state index contributed by atoms with van der Waals surface area (Å²) in [6, 6.07) is 5.77. The number of rotatable bonds is 5. The van der Waals surface area contributed by atoms with Crippen LogP contribution in [0.2, 0.25) is 0 Å². The van der Waals surface area contributed by atoms with Gasteiger partial charge < -0.3 is 0 Å². The van der Waals surface area contributed by atoms with E-state index in [2.05, 4.69) is 17.0 Å². The lowest BCUT2D eigenvalue weighted by atomic mass is 10.1. The molecule has 0 fully saturated rings. The second-order valence-corrected chi connectivity index (χ2v) is 4.57. The Hall–Kier alpha value is -1.97. The van der Waals surface area contributed by atoms with E-state index in [1.54, 1.807) is 6.20 Å². The Morgan fingerprint density at radius 3 is 2.79 bits per heavy atom. The van der Waals surface area contributed by atoms with Gasteiger partial charge in [0.15, 0.2) is 5.78 Å². The molecule has 4 heteroatoms. The summed E-state index contributed by atoms with van der Waals surface area (Å²) < 4.78 is 1.90. The molecule has 0 aliphatic carbocycles. The number of hydrogen-bond acceptors (Lipinski definition) is 3. The lowest BCUT2D eigenvalue weighted by Crippen LogP contribution is -2.12. The molecule has 0 saturated carbocycles. The van der Waals surface area contributed by atoms with Gasteiger partial charge in [0.1, 0.15) is 5.69 Å². The van der Waals surface area contributed by atoms with Crippen molar-refractivity contribution < 1.29 is 4.79 Å². The van der Waals surface area contributed by atoms with Gasteiger partial charge in [0.05, 0.1) is 12.1 Å². The van der Waals surface area contributed by atoms with Gasteiger partial charge in [-0.1, -0.05) is 13.0 Å². The van der Waals surface area contributed by atoms with E-state index in [4.69, 9.17) is 0 Å². The molecule has 0 aliphatic heterocycles. The number of Topliss-reactive ketones (excluding diaryl/α,β-unsaturated/α-hetero) is 1. The van der Waals surface area contributed by atoms with Crippen LogP contribution in [-0.2, 0) is 19.4 Å². The number of nitrogens with zero attached hydrogens (tertiary/aromatic N) is 3. The summed E-state index contributed by atoms with van der Waals surface area (Å²) in [5.41, 5.74) is 3.48. The molecule has 100 valence electrons. The highest BCUT2D eigenvalue weighted by atomic mass is 16.1. The minimum atomic E-state index is 0.0513. The first-order valence-corrected chi connectivity index (χ1v) is 6.66. The van der Waals surface area contributed by atoms with Crippen molar-refractivity contribution in [3.05, 3.63) is 47.0 Å². The monoisotopic (exact) mass is 257 g/mol. The van der Waals surface area contributed by atoms with E-state index in [1.165, 1.54) is 0 Å². The molecule has 0 N–H and O–H groups in total. The Balaban J connectivity index is 2.24. The lowest BCUT2D eigenvalue weighted by molar-refractivity contribution is 0.0985. The van der Waals surface area contributed by atoms with E-state index in [1.807, 2.05) is 36.7 Å². The van der Waals surface area contributed by atoms with Crippen molar-refractivity contribution in [2.75, 3.05) is 0 Å². The molecule has 0 aromatic carbocycles. The number of aromatic nitrogens is 3. The van der Waals surface area contributed by atoms with Crippen molar-refractivity contribution in [3.8, 4) is 0 Å². The maximum atomic E-state index is 12.3. The van der Waals surface area contributed by atoms with Gasteiger partial charge in [-0.05, 0) is 38.0 Å². The molecular formula is C15H19N3O. The highest BCUT2D eigenvalue weighted by Crippen LogP contribution is 2.11. The molecule has 0 unspecified atom stereocenters. The van der Waals surface area contributed by atoms with Crippen LogP contribution >= 0.6 is 0 Å². The average molecular weight is 257 g/mol. The molecule has 0 amide bonds. The molecule has 19 heavy (non-hydrogen) atoms. The zero-order valence-corrected chi connectivity index (χ0v) is 11.7. The third-order valence-electron chi connectivity index (χ3n) is 3.19. The largest absolute Gasteiger partial charge is 0.292 e. The minimum absolute atomic E-state index is 0.0513. The topological polar surface area (TPSA) is 47.8 Å². The molecular weight excluding hydrogens is 238 g/mol. The maximum absolute atomic E-state index is 12.3. The quantitative estimate of drug-likeness (QED) is 0.773. The molecule has 2 aromatic rings. The Labute approximate surface area is 113 Å². The Morgan fingerprint density at radius 2 is 2.16 bits per heavy atom. The van der Waals surface area contributed by atoms with Crippen molar-refractivity contribution in [2.45, 2.75) is 40.2 Å². The van der Waals surface area contributed by atoms with Crippen LogP contribution in [0, 0.1) is 6.92 Å². The molecule has 2 aromatic heterocycles. The fraction of sp³-hybridized carbons (Fsp3) is 0.400. The van der Waals surface area contributed by atoms with E-state index in [-0.39, 0.29) is 5.78 Å². The van der Waals surface area contributed by atoms with Gasteiger partial charge in [-0.15, -0.1) is 0 Å². The van der Waals surface area contributed by atoms with E-state index >= 15 is 0 Å². The van der Waals surface area contributed by atoms with Crippen LogP contribution in [0.4, 0.5) is 0 Å². The van der Waals surface area contributed by atoms with Gasteiger partial charge in [-0.25, -0.2) is 0 Å². The molecule has 0 bridgehead atoms. The second kappa shape index (κ2) is 5.78. The summed E-state index contributed by atoms with van der Waals surface area (Å²) >= 11 is 0. The van der Waals surface area contributed by atoms with E-state index < -0.39 is 0 Å². The first-order chi connectivity index (χ1) is 9.15. The number of ketones is 1. The predicted octanol–water partition coefficient (Wildman–Crippen LogP) is 2.59. The highest BCUT2D eigenvalue weighted by Gasteiger charge is 2.14. The number of carbonyl (C=O) groups is 1. The van der Waals surface area contributed by atoms with Crippen LogP contribution in [-0.4, -0.2) is 20.5 Å². The van der Waals surface area contributed by atoms with Gasteiger partial charge in [0, 0.05) is 18.4 Å². The summed E-state index contributed by atoms with van der Waals surface area (Å²) in [7, 11) is 0. The van der Waals surface area contributed by atoms with E-state index in [0.717, 1.165) is 29.9 Å². The van der Waals surface area contributed by atoms with Crippen LogP contribution in [0.5, 0.6) is 0 Å². The fourth-order valence-electron chi connectivity index (χ4n) is 2.13. The second-order valence-electron chi connectivity index (χ2n) is 4.57. The maximum Gasteiger partial charge on any atom is 0.187 e. The summed E-state index contributed by atoms with van der Waals surface area (Å²) in [6.45, 7) is 6.79. The Morgan fingerprint density at radius 1 is 1.37 bits per heavy atom. The van der Waals surface area contributed by atoms with Gasteiger partial charge >= 0.3 is 0 Å². The van der Waals surface area contributed by atoms with Gasteiger partial charge in [-0.3, -0.25) is 14.5 Å². The number of hydrogen-bond donors (Lipinski definition) is 0. The molecule has 0 spiro atoms. The van der Waals surface area contributed by atoms with Gasteiger partial charge in [0.25, 0.3) is 0 Å². The van der Waals surface area contributed by atoms with Crippen LogP contribution in [0.1, 0.15) is 41.3 Å². The molecule has 2 heterocycles. The zero-order chi connectivity index (χ0) is 13.8. The van der Waals surface area contributed by atoms with Crippen molar-refractivity contribution in [2.24, 2.45) is 0 Å². The van der Waals surface area contributed by atoms with Crippen molar-refractivity contribution in [1.29, 1.82) is 0 Å². The Bertz CT molecular complexity index is 587. The summed E-state index contributed by atoms with van der Waals surface area (Å²) in [5, 5.41) is 4.46. The predicted molar refractivity (Wildman–Crippen MR) is 74.3 cm³/mol. The first kappa shape index (κ1) is 13.5. The lowest BCUT2D eigenvalue weighted by Gasteiger charge is -2.05. The zero-order valence-electron chi connectivity index (χ0n) is 11.7. The van der Waals surface area contributed by atoms with E-state index in [9.17, 15) is 4.79 Å². The number of aryl methyl sites for hydroxylation is 3. The van der Waals surface area contributed by atoms with Crippen LogP contribution in [0.15, 0.2) is 24.4 Å². The smallest absolute Gasteiger partial charge is 0.187 e. The number of pyridine rings is 1. The third-order valence-corrected chi connectivity index (χ3v) is 3.19. The summed E-state index contributed by atoms with van der Waals surface area (Å²) in [4.78, 5) is 16.5. The molecule has 2 rings (SSSR count). The van der Waals surface area contributed by atoms with Crippen LogP contribution < -0.4 is 0 Å². The molecule has 0 saturated heterocycles. The van der Waals surface area contributed by atoms with Crippen molar-refractivity contribution >= 4 is 5.78 Å². The third kappa shape index (κ3) is 2.89. The average Bonchev–Trinajstić information content (AvgIpc) is 2.81. The van der Waals surface area contributed by atoms with E-state index in [0.29, 0.717) is 12.1 Å². The van der Waals surface area contributed by atoms with Crippen LogP contribution in [0.25, 0.3) is 0 Å². The minimum Gasteiger partial charge on any atom is -0.292 e. The molecule has 0 aliphatic rings. The molecule has 4 nitrogen and oxygen atoms in total. The summed E-state index contributed by atoms with van der Waals surface area (Å²) in [6.07, 6.45) is 2.91. The van der Waals surface area contributed by atoms with Crippen molar-refractivity contribution in [3.63, 3.8) is 0 Å². The molecule has 0 atom stereocenters. The van der Waals surface area contributed by atoms with Gasteiger partial charge in [0.2, 0.25) is 0 Å². The highest BCUT2D eigenvalue weighted by molar-refractivity contribution is 5.96. The first-order valence-electron chi connectivity index (χ1n) is 6.66. The SMILES string of the molecule is CCc1cc(CC(=O)c2ncccc2C)n(CC)n1. The normalized spacial score (nSPS) is 10.7. The van der Waals surface area contributed by atoms with Crippen molar-refractivity contribution in [1.82, 2.24) is 14.8 Å².